The highest BCUT2D eigenvalue weighted by Gasteiger charge is 2.31. The molecule has 34 heavy (non-hydrogen) atoms. The van der Waals surface area contributed by atoms with Crippen LogP contribution >= 0.6 is 0 Å². The molecule has 4 atom stereocenters. The van der Waals surface area contributed by atoms with Crippen LogP contribution in [-0.4, -0.2) is 65.4 Å². The maximum atomic E-state index is 12.9. The standard InChI is InChI=1S/C22H42N6O6/c1-12(2)9-14(24)19(30)27-16(11-18(25)29)21(32)26-15(7-5-6-8-23)20(31)28-17(22(33)34)10-13(3)4/h12-17H,5-11,23-24H2,1-4H3,(H2,25,29)(H,26,32)(H,27,30)(H,28,31)(H,33,34). The molecule has 0 heterocycles. The zero-order valence-electron chi connectivity index (χ0n) is 20.6. The molecular weight excluding hydrogens is 444 g/mol. The van der Waals surface area contributed by atoms with E-state index in [0.717, 1.165) is 0 Å². The van der Waals surface area contributed by atoms with E-state index in [4.69, 9.17) is 17.2 Å². The molecule has 0 aromatic rings. The van der Waals surface area contributed by atoms with E-state index in [1.54, 1.807) is 0 Å². The number of nitrogens with two attached hydrogens (primary N) is 3. The minimum Gasteiger partial charge on any atom is -0.480 e. The van der Waals surface area contributed by atoms with E-state index in [1.165, 1.54) is 0 Å². The number of nitrogens with one attached hydrogen (secondary N) is 3. The fraction of sp³-hybridized carbons (Fsp3) is 0.773. The van der Waals surface area contributed by atoms with Crippen molar-refractivity contribution in [3.8, 4) is 0 Å². The molecular formula is C22H42N6O6. The molecule has 0 aliphatic heterocycles. The van der Waals surface area contributed by atoms with Gasteiger partial charge in [0, 0.05) is 0 Å². The third-order valence-corrected chi connectivity index (χ3v) is 5.00. The quantitative estimate of drug-likeness (QED) is 0.125. The smallest absolute Gasteiger partial charge is 0.326 e. The van der Waals surface area contributed by atoms with E-state index in [1.807, 2.05) is 27.7 Å². The number of hydrogen-bond donors (Lipinski definition) is 7. The lowest BCUT2D eigenvalue weighted by atomic mass is 10.0. The Morgan fingerprint density at radius 3 is 1.74 bits per heavy atom. The first kappa shape index (κ1) is 31.3. The summed E-state index contributed by atoms with van der Waals surface area (Å²) < 4.78 is 0. The Kier molecular flexibility index (Phi) is 14.7. The topological polar surface area (TPSA) is 220 Å². The van der Waals surface area contributed by atoms with Crippen LogP contribution in [-0.2, 0) is 24.0 Å². The number of carbonyl (C=O) groups is 5. The number of amides is 4. The highest BCUT2D eigenvalue weighted by atomic mass is 16.4. The van der Waals surface area contributed by atoms with Crippen LogP contribution in [0.2, 0.25) is 0 Å². The zero-order chi connectivity index (χ0) is 26.4. The van der Waals surface area contributed by atoms with Crippen molar-refractivity contribution in [3.05, 3.63) is 0 Å². The number of carboxylic acid groups (broad SMARTS) is 1. The molecule has 0 rings (SSSR count). The van der Waals surface area contributed by atoms with Crippen molar-refractivity contribution < 1.29 is 29.1 Å². The van der Waals surface area contributed by atoms with Crippen LogP contribution in [0.1, 0.15) is 66.2 Å². The second kappa shape index (κ2) is 16.0. The van der Waals surface area contributed by atoms with Crippen LogP contribution in [0, 0.1) is 11.8 Å². The van der Waals surface area contributed by atoms with Crippen molar-refractivity contribution >= 4 is 29.6 Å². The Bertz CT molecular complexity index is 699. The van der Waals surface area contributed by atoms with Gasteiger partial charge in [-0.1, -0.05) is 27.7 Å². The van der Waals surface area contributed by atoms with Gasteiger partial charge in [0.2, 0.25) is 23.6 Å². The van der Waals surface area contributed by atoms with Gasteiger partial charge in [-0.15, -0.1) is 0 Å². The monoisotopic (exact) mass is 486 g/mol. The van der Waals surface area contributed by atoms with Gasteiger partial charge in [-0.3, -0.25) is 19.2 Å². The number of unbranched alkanes of at least 4 members (excludes halogenated alkanes) is 1. The van der Waals surface area contributed by atoms with Crippen molar-refractivity contribution in [1.29, 1.82) is 0 Å². The van der Waals surface area contributed by atoms with Gasteiger partial charge < -0.3 is 38.3 Å². The van der Waals surface area contributed by atoms with Crippen LogP contribution in [0.5, 0.6) is 0 Å². The molecule has 10 N–H and O–H groups in total. The number of aliphatic carboxylic acids is 1. The summed E-state index contributed by atoms with van der Waals surface area (Å²) in [6, 6.07) is -4.45. The molecule has 0 radical (unpaired) electrons. The summed E-state index contributed by atoms with van der Waals surface area (Å²) in [6.45, 7) is 7.79. The van der Waals surface area contributed by atoms with E-state index in [9.17, 15) is 29.1 Å². The second-order valence-electron chi connectivity index (χ2n) is 9.34. The first-order valence-electron chi connectivity index (χ1n) is 11.7. The first-order valence-corrected chi connectivity index (χ1v) is 11.7. The molecule has 0 aliphatic rings. The van der Waals surface area contributed by atoms with Crippen molar-refractivity contribution in [2.75, 3.05) is 6.54 Å². The molecule has 0 saturated heterocycles. The normalized spacial score (nSPS) is 14.7. The van der Waals surface area contributed by atoms with E-state index in [2.05, 4.69) is 16.0 Å². The molecule has 4 amide bonds. The van der Waals surface area contributed by atoms with Gasteiger partial charge >= 0.3 is 5.97 Å². The molecule has 0 bridgehead atoms. The van der Waals surface area contributed by atoms with E-state index >= 15 is 0 Å². The Hall–Kier alpha value is -2.73. The van der Waals surface area contributed by atoms with Crippen molar-refractivity contribution in [3.63, 3.8) is 0 Å². The minimum absolute atomic E-state index is 0.0110. The van der Waals surface area contributed by atoms with Gasteiger partial charge in [-0.05, 0) is 50.5 Å². The molecule has 0 saturated carbocycles. The highest BCUT2D eigenvalue weighted by Crippen LogP contribution is 2.08. The van der Waals surface area contributed by atoms with Crippen LogP contribution in [0.25, 0.3) is 0 Å². The van der Waals surface area contributed by atoms with E-state index < -0.39 is 60.2 Å². The van der Waals surface area contributed by atoms with E-state index in [0.29, 0.717) is 25.8 Å². The van der Waals surface area contributed by atoms with Gasteiger partial charge in [-0.2, -0.15) is 0 Å². The van der Waals surface area contributed by atoms with Gasteiger partial charge in [0.15, 0.2) is 0 Å². The van der Waals surface area contributed by atoms with Gasteiger partial charge in [0.1, 0.15) is 18.1 Å². The largest absolute Gasteiger partial charge is 0.480 e. The average Bonchev–Trinajstić information content (AvgIpc) is 2.70. The first-order chi connectivity index (χ1) is 15.8. The molecule has 12 nitrogen and oxygen atoms in total. The third kappa shape index (κ3) is 13.1. The summed E-state index contributed by atoms with van der Waals surface area (Å²) in [6.07, 6.45) is 1.34. The summed E-state index contributed by atoms with van der Waals surface area (Å²) in [4.78, 5) is 61.2. The van der Waals surface area contributed by atoms with Crippen molar-refractivity contribution in [2.24, 2.45) is 29.0 Å². The molecule has 0 aliphatic carbocycles. The molecule has 0 fully saturated rings. The molecule has 12 heteroatoms. The number of hydrogen-bond acceptors (Lipinski definition) is 7. The zero-order valence-corrected chi connectivity index (χ0v) is 20.6. The van der Waals surface area contributed by atoms with Crippen LogP contribution in [0.3, 0.4) is 0 Å². The maximum absolute atomic E-state index is 12.9. The molecule has 0 spiro atoms. The Labute approximate surface area is 201 Å². The summed E-state index contributed by atoms with van der Waals surface area (Å²) >= 11 is 0. The molecule has 196 valence electrons. The van der Waals surface area contributed by atoms with Crippen LogP contribution in [0.15, 0.2) is 0 Å². The lowest BCUT2D eigenvalue weighted by Gasteiger charge is -2.25. The van der Waals surface area contributed by atoms with Crippen LogP contribution < -0.4 is 33.2 Å². The summed E-state index contributed by atoms with van der Waals surface area (Å²) in [5.41, 5.74) is 16.6. The average molecular weight is 487 g/mol. The summed E-state index contributed by atoms with van der Waals surface area (Å²) in [5.74, 6) is -3.98. The Morgan fingerprint density at radius 2 is 1.26 bits per heavy atom. The van der Waals surface area contributed by atoms with Gasteiger partial charge in [-0.25, -0.2) is 4.79 Å². The fourth-order valence-electron chi connectivity index (χ4n) is 3.30. The Balaban J connectivity index is 5.53. The third-order valence-electron chi connectivity index (χ3n) is 5.00. The lowest BCUT2D eigenvalue weighted by molar-refractivity contribution is -0.143. The van der Waals surface area contributed by atoms with Gasteiger partial charge in [0.25, 0.3) is 0 Å². The predicted molar refractivity (Wildman–Crippen MR) is 127 cm³/mol. The molecule has 0 aromatic carbocycles. The predicted octanol–water partition coefficient (Wildman–Crippen LogP) is -1.05. The maximum Gasteiger partial charge on any atom is 0.326 e. The number of rotatable bonds is 17. The number of primary amides is 1. The fourth-order valence-corrected chi connectivity index (χ4v) is 3.30. The van der Waals surface area contributed by atoms with E-state index in [-0.39, 0.29) is 24.7 Å². The SMILES string of the molecule is CC(C)CC(N)C(=O)NC(CC(N)=O)C(=O)NC(CCCCN)C(=O)NC(CC(C)C)C(=O)O. The van der Waals surface area contributed by atoms with Gasteiger partial charge in [0.05, 0.1) is 12.5 Å². The number of carbonyl (C=O) groups excluding carboxylic acids is 4. The van der Waals surface area contributed by atoms with Crippen molar-refractivity contribution in [1.82, 2.24) is 16.0 Å². The molecule has 0 aromatic heterocycles. The number of carboxylic acids is 1. The van der Waals surface area contributed by atoms with Crippen molar-refractivity contribution in [2.45, 2.75) is 90.4 Å². The summed E-state index contributed by atoms with van der Waals surface area (Å²) in [7, 11) is 0. The second-order valence-corrected chi connectivity index (χ2v) is 9.34. The lowest BCUT2D eigenvalue weighted by Crippen LogP contribution is -2.57. The Morgan fingerprint density at radius 1 is 0.765 bits per heavy atom. The minimum atomic E-state index is -1.33. The summed E-state index contributed by atoms with van der Waals surface area (Å²) in [5, 5.41) is 16.8. The highest BCUT2D eigenvalue weighted by molar-refractivity contribution is 5.96. The van der Waals surface area contributed by atoms with Crippen LogP contribution in [0.4, 0.5) is 0 Å². The molecule has 4 unspecified atom stereocenters.